The van der Waals surface area contributed by atoms with E-state index in [0.717, 1.165) is 3.57 Å². The summed E-state index contributed by atoms with van der Waals surface area (Å²) in [4.78, 5) is 28.7. The van der Waals surface area contributed by atoms with Crippen LogP contribution in [0.2, 0.25) is 5.02 Å². The average molecular weight is 442 g/mol. The van der Waals surface area contributed by atoms with E-state index in [-0.39, 0.29) is 10.6 Å². The number of hydrogen-bond donors (Lipinski definition) is 0. The van der Waals surface area contributed by atoms with Crippen molar-refractivity contribution in [3.8, 4) is 0 Å². The monoisotopic (exact) mass is 441 g/mol. The van der Waals surface area contributed by atoms with E-state index in [2.05, 4.69) is 27.6 Å². The molecular formula is C17H13ClINO3. The van der Waals surface area contributed by atoms with E-state index in [1.165, 1.54) is 13.3 Å². The van der Waals surface area contributed by atoms with Crippen LogP contribution in [0.5, 0.6) is 0 Å². The molecule has 0 amide bonds. The largest absolute Gasteiger partial charge is 0.468 e. The van der Waals surface area contributed by atoms with Gasteiger partial charge in [-0.15, -0.1) is 0 Å². The van der Waals surface area contributed by atoms with Crippen LogP contribution in [-0.4, -0.2) is 25.1 Å². The van der Waals surface area contributed by atoms with Gasteiger partial charge in [-0.05, 0) is 59.0 Å². The standard InChI is InChI=1S/C17H13ClINO3/c1-23-17(22)14(10-20-12-8-6-11(19)7-9-12)16(21)13-4-2-3-5-15(13)18/h2-10,14H,1H3. The van der Waals surface area contributed by atoms with Gasteiger partial charge in [0.15, 0.2) is 11.7 Å². The van der Waals surface area contributed by atoms with Crippen LogP contribution in [-0.2, 0) is 9.53 Å². The molecule has 23 heavy (non-hydrogen) atoms. The van der Waals surface area contributed by atoms with Crippen LogP contribution in [0, 0.1) is 9.49 Å². The number of Topliss-reactive ketones (excluding diaryl/α,β-unsaturated/α-hetero) is 1. The van der Waals surface area contributed by atoms with Crippen LogP contribution < -0.4 is 0 Å². The van der Waals surface area contributed by atoms with Crippen LogP contribution >= 0.6 is 34.2 Å². The van der Waals surface area contributed by atoms with E-state index in [4.69, 9.17) is 16.3 Å². The first-order valence-corrected chi connectivity index (χ1v) is 8.15. The van der Waals surface area contributed by atoms with Gasteiger partial charge in [0.05, 0.1) is 17.8 Å². The van der Waals surface area contributed by atoms with Crippen molar-refractivity contribution >= 4 is 57.8 Å². The van der Waals surface area contributed by atoms with Crippen molar-refractivity contribution in [3.05, 3.63) is 62.7 Å². The predicted molar refractivity (Wildman–Crippen MR) is 98.6 cm³/mol. The van der Waals surface area contributed by atoms with E-state index in [1.807, 2.05) is 12.1 Å². The van der Waals surface area contributed by atoms with Crippen LogP contribution in [0.15, 0.2) is 53.5 Å². The van der Waals surface area contributed by atoms with Crippen molar-refractivity contribution in [1.82, 2.24) is 0 Å². The lowest BCUT2D eigenvalue weighted by atomic mass is 9.98. The molecule has 1 atom stereocenters. The maximum atomic E-state index is 12.6. The molecule has 4 nitrogen and oxygen atoms in total. The van der Waals surface area contributed by atoms with Crippen molar-refractivity contribution in [1.29, 1.82) is 0 Å². The first-order chi connectivity index (χ1) is 11.0. The molecule has 0 aliphatic rings. The first-order valence-electron chi connectivity index (χ1n) is 6.69. The summed E-state index contributed by atoms with van der Waals surface area (Å²) in [7, 11) is 1.23. The smallest absolute Gasteiger partial charge is 0.322 e. The lowest BCUT2D eigenvalue weighted by Crippen LogP contribution is -2.27. The second-order valence-electron chi connectivity index (χ2n) is 4.60. The molecule has 0 aliphatic heterocycles. The van der Waals surface area contributed by atoms with Crippen molar-refractivity contribution in [2.45, 2.75) is 0 Å². The van der Waals surface area contributed by atoms with Gasteiger partial charge < -0.3 is 4.74 Å². The van der Waals surface area contributed by atoms with E-state index < -0.39 is 17.7 Å². The maximum absolute atomic E-state index is 12.6. The summed E-state index contributed by atoms with van der Waals surface area (Å²) < 4.78 is 5.77. The van der Waals surface area contributed by atoms with Crippen molar-refractivity contribution in [3.63, 3.8) is 0 Å². The normalized spacial score (nSPS) is 12.1. The van der Waals surface area contributed by atoms with Crippen LogP contribution in [0.3, 0.4) is 0 Å². The molecule has 0 aliphatic carbocycles. The molecule has 0 saturated carbocycles. The molecule has 0 bridgehead atoms. The number of benzene rings is 2. The Morgan fingerprint density at radius 1 is 1.17 bits per heavy atom. The maximum Gasteiger partial charge on any atom is 0.322 e. The number of ketones is 1. The number of carbonyl (C=O) groups excluding carboxylic acids is 2. The van der Waals surface area contributed by atoms with Gasteiger partial charge in [-0.1, -0.05) is 23.7 Å². The molecule has 118 valence electrons. The van der Waals surface area contributed by atoms with Gasteiger partial charge in [0, 0.05) is 15.3 Å². The van der Waals surface area contributed by atoms with Gasteiger partial charge in [0.1, 0.15) is 0 Å². The van der Waals surface area contributed by atoms with Gasteiger partial charge in [-0.2, -0.15) is 0 Å². The van der Waals surface area contributed by atoms with E-state index in [9.17, 15) is 9.59 Å². The number of ether oxygens (including phenoxy) is 1. The fourth-order valence-corrected chi connectivity index (χ4v) is 2.47. The third-order valence-corrected chi connectivity index (χ3v) is 4.12. The summed E-state index contributed by atoms with van der Waals surface area (Å²) in [6.45, 7) is 0. The molecule has 0 N–H and O–H groups in total. The Bertz CT molecular complexity index is 744. The highest BCUT2D eigenvalue weighted by atomic mass is 127. The van der Waals surface area contributed by atoms with Crippen molar-refractivity contribution in [2.24, 2.45) is 10.9 Å². The van der Waals surface area contributed by atoms with Crippen molar-refractivity contribution < 1.29 is 14.3 Å². The van der Waals surface area contributed by atoms with Crippen LogP contribution in [0.25, 0.3) is 0 Å². The highest BCUT2D eigenvalue weighted by molar-refractivity contribution is 14.1. The Hall–Kier alpha value is -1.73. The molecule has 6 heteroatoms. The molecule has 0 saturated heterocycles. The molecule has 0 aromatic heterocycles. The van der Waals surface area contributed by atoms with Gasteiger partial charge >= 0.3 is 5.97 Å². The number of nitrogens with zero attached hydrogens (tertiary/aromatic N) is 1. The van der Waals surface area contributed by atoms with Crippen LogP contribution in [0.4, 0.5) is 5.69 Å². The number of hydrogen-bond acceptors (Lipinski definition) is 4. The second kappa shape index (κ2) is 8.21. The van der Waals surface area contributed by atoms with E-state index in [1.54, 1.807) is 36.4 Å². The first kappa shape index (κ1) is 17.6. The number of esters is 1. The molecule has 2 rings (SSSR count). The van der Waals surface area contributed by atoms with Gasteiger partial charge in [-0.25, -0.2) is 0 Å². The zero-order valence-electron chi connectivity index (χ0n) is 12.2. The fraction of sp³-hybridized carbons (Fsp3) is 0.118. The quantitative estimate of drug-likeness (QED) is 0.228. The lowest BCUT2D eigenvalue weighted by molar-refractivity contribution is -0.141. The molecule has 1 unspecified atom stereocenters. The molecule has 2 aromatic rings. The molecule has 2 aromatic carbocycles. The minimum atomic E-state index is -1.14. The third kappa shape index (κ3) is 4.62. The minimum Gasteiger partial charge on any atom is -0.468 e. The third-order valence-electron chi connectivity index (χ3n) is 3.08. The number of halogens is 2. The number of rotatable bonds is 5. The summed E-state index contributed by atoms with van der Waals surface area (Å²) in [5.74, 6) is -2.26. The number of carbonyl (C=O) groups is 2. The summed E-state index contributed by atoms with van der Waals surface area (Å²) in [5, 5.41) is 0.286. The van der Waals surface area contributed by atoms with E-state index in [0.29, 0.717) is 5.69 Å². The van der Waals surface area contributed by atoms with Crippen LogP contribution in [0.1, 0.15) is 10.4 Å². The molecule has 0 heterocycles. The topological polar surface area (TPSA) is 55.7 Å². The second-order valence-corrected chi connectivity index (χ2v) is 6.25. The number of aliphatic imine (C=N–C) groups is 1. The molecule has 0 fully saturated rings. The Labute approximate surface area is 152 Å². The Balaban J connectivity index is 2.30. The SMILES string of the molecule is COC(=O)C(C=Nc1ccc(I)cc1)C(=O)c1ccccc1Cl. The Morgan fingerprint density at radius 3 is 2.43 bits per heavy atom. The summed E-state index contributed by atoms with van der Waals surface area (Å²) in [6.07, 6.45) is 1.29. The molecular weight excluding hydrogens is 429 g/mol. The average Bonchev–Trinajstić information content (AvgIpc) is 2.56. The van der Waals surface area contributed by atoms with Gasteiger partial charge in [0.2, 0.25) is 0 Å². The summed E-state index contributed by atoms with van der Waals surface area (Å²) >= 11 is 8.21. The summed E-state index contributed by atoms with van der Waals surface area (Å²) in [6, 6.07) is 13.9. The minimum absolute atomic E-state index is 0.263. The highest BCUT2D eigenvalue weighted by Gasteiger charge is 2.28. The van der Waals surface area contributed by atoms with E-state index >= 15 is 0 Å². The number of methoxy groups -OCH3 is 1. The van der Waals surface area contributed by atoms with Gasteiger partial charge in [-0.3, -0.25) is 14.6 Å². The lowest BCUT2D eigenvalue weighted by Gasteiger charge is -2.10. The summed E-state index contributed by atoms with van der Waals surface area (Å²) in [5.41, 5.74) is 0.907. The Kier molecular flexibility index (Phi) is 6.29. The molecule has 0 spiro atoms. The zero-order chi connectivity index (χ0) is 16.8. The zero-order valence-corrected chi connectivity index (χ0v) is 15.1. The Morgan fingerprint density at radius 2 is 1.83 bits per heavy atom. The fourth-order valence-electron chi connectivity index (χ4n) is 1.88. The molecule has 0 radical (unpaired) electrons. The van der Waals surface area contributed by atoms with Crippen molar-refractivity contribution in [2.75, 3.05) is 7.11 Å². The van der Waals surface area contributed by atoms with Gasteiger partial charge in [0.25, 0.3) is 0 Å². The predicted octanol–water partition coefficient (Wildman–Crippen LogP) is 4.32. The highest BCUT2D eigenvalue weighted by Crippen LogP contribution is 2.20.